The van der Waals surface area contributed by atoms with Crippen LogP contribution in [0.5, 0.6) is 0 Å². The van der Waals surface area contributed by atoms with Crippen molar-refractivity contribution in [1.82, 2.24) is 4.98 Å². The Hall–Kier alpha value is -1.53. The number of carbonyl (C=O) groups excluding carboxylic acids is 2. The first-order valence-corrected chi connectivity index (χ1v) is 8.55. The van der Waals surface area contributed by atoms with E-state index >= 15 is 0 Å². The molecule has 0 atom stereocenters. The smallest absolute Gasteiger partial charge is 0.257 e. The molecular weight excluding hydrogens is 364 g/mol. The SMILES string of the molecule is CC1(C)CC(=O)c2sc(NC(=O)c3cccc(Br)c3)nc2C1. The van der Waals surface area contributed by atoms with Crippen LogP contribution in [0.2, 0.25) is 0 Å². The number of halogens is 1. The molecule has 0 radical (unpaired) electrons. The number of amides is 1. The van der Waals surface area contributed by atoms with E-state index in [2.05, 4.69) is 40.1 Å². The Bertz CT molecular complexity index is 767. The number of anilines is 1. The molecule has 3 rings (SSSR count). The fourth-order valence-corrected chi connectivity index (χ4v) is 3.89. The second kappa shape index (κ2) is 5.59. The van der Waals surface area contributed by atoms with Crippen LogP contribution in [0.25, 0.3) is 0 Å². The summed E-state index contributed by atoms with van der Waals surface area (Å²) in [6.45, 7) is 4.12. The van der Waals surface area contributed by atoms with Crippen molar-refractivity contribution in [3.8, 4) is 0 Å². The molecule has 1 heterocycles. The van der Waals surface area contributed by atoms with E-state index in [-0.39, 0.29) is 17.1 Å². The molecule has 0 fully saturated rings. The second-order valence-electron chi connectivity index (χ2n) is 6.20. The topological polar surface area (TPSA) is 59.1 Å². The number of nitrogens with zero attached hydrogens (tertiary/aromatic N) is 1. The van der Waals surface area contributed by atoms with Gasteiger partial charge in [0.1, 0.15) is 0 Å². The molecule has 1 amide bonds. The maximum absolute atomic E-state index is 12.2. The van der Waals surface area contributed by atoms with Crippen LogP contribution in [0.3, 0.4) is 0 Å². The van der Waals surface area contributed by atoms with Gasteiger partial charge in [-0.05, 0) is 30.0 Å². The van der Waals surface area contributed by atoms with Crippen LogP contribution in [0.15, 0.2) is 28.7 Å². The molecule has 1 aliphatic rings. The maximum Gasteiger partial charge on any atom is 0.257 e. The zero-order valence-electron chi connectivity index (χ0n) is 12.3. The molecular formula is C16H15BrN2O2S. The van der Waals surface area contributed by atoms with Crippen LogP contribution >= 0.6 is 27.3 Å². The van der Waals surface area contributed by atoms with Crippen LogP contribution in [-0.2, 0) is 6.42 Å². The minimum atomic E-state index is -0.223. The van der Waals surface area contributed by atoms with Crippen LogP contribution < -0.4 is 5.32 Å². The first kappa shape index (κ1) is 15.4. The lowest BCUT2D eigenvalue weighted by molar-refractivity contribution is 0.0915. The zero-order valence-corrected chi connectivity index (χ0v) is 14.7. The average molecular weight is 379 g/mol. The molecule has 1 aromatic heterocycles. The highest BCUT2D eigenvalue weighted by molar-refractivity contribution is 9.10. The van der Waals surface area contributed by atoms with Gasteiger partial charge in [-0.1, -0.05) is 47.2 Å². The van der Waals surface area contributed by atoms with Gasteiger partial charge in [-0.3, -0.25) is 14.9 Å². The van der Waals surface area contributed by atoms with Crippen LogP contribution in [0.4, 0.5) is 5.13 Å². The number of rotatable bonds is 2. The Kier molecular flexibility index (Phi) is 3.91. The number of hydrogen-bond donors (Lipinski definition) is 1. The zero-order chi connectivity index (χ0) is 15.9. The summed E-state index contributed by atoms with van der Waals surface area (Å²) in [4.78, 5) is 29.5. The third-order valence-electron chi connectivity index (χ3n) is 3.54. The maximum atomic E-state index is 12.2. The summed E-state index contributed by atoms with van der Waals surface area (Å²) >= 11 is 4.61. The second-order valence-corrected chi connectivity index (χ2v) is 8.11. The van der Waals surface area contributed by atoms with Crippen LogP contribution in [-0.4, -0.2) is 16.7 Å². The molecule has 6 heteroatoms. The summed E-state index contributed by atoms with van der Waals surface area (Å²) in [7, 11) is 0. The molecule has 4 nitrogen and oxygen atoms in total. The highest BCUT2D eigenvalue weighted by Gasteiger charge is 2.34. The van der Waals surface area contributed by atoms with Gasteiger partial charge in [0.05, 0.1) is 10.6 Å². The lowest BCUT2D eigenvalue weighted by Gasteiger charge is -2.26. The van der Waals surface area contributed by atoms with Crippen molar-refractivity contribution in [1.29, 1.82) is 0 Å². The Balaban J connectivity index is 1.83. The number of nitrogens with one attached hydrogen (secondary N) is 1. The molecule has 0 aliphatic heterocycles. The minimum absolute atomic E-state index is 0.0657. The standard InChI is InChI=1S/C16H15BrN2O2S/c1-16(2)7-11-13(12(20)8-16)22-15(18-11)19-14(21)9-4-3-5-10(17)6-9/h3-6H,7-8H2,1-2H3,(H,18,19,21). The van der Waals surface area contributed by atoms with E-state index in [0.717, 1.165) is 16.6 Å². The number of thiazole rings is 1. The Morgan fingerprint density at radius 2 is 2.14 bits per heavy atom. The fraction of sp³-hybridized carbons (Fsp3) is 0.312. The molecule has 1 N–H and O–H groups in total. The number of aromatic nitrogens is 1. The molecule has 114 valence electrons. The first-order valence-electron chi connectivity index (χ1n) is 6.94. The van der Waals surface area contributed by atoms with E-state index in [0.29, 0.717) is 22.0 Å². The van der Waals surface area contributed by atoms with Gasteiger partial charge in [0.25, 0.3) is 5.91 Å². The average Bonchev–Trinajstić information content (AvgIpc) is 2.80. The molecule has 1 aromatic carbocycles. The predicted molar refractivity (Wildman–Crippen MR) is 90.6 cm³/mol. The molecule has 1 aliphatic carbocycles. The Labute approximate surface area is 141 Å². The van der Waals surface area contributed by atoms with Crippen LogP contribution in [0, 0.1) is 5.41 Å². The number of fused-ring (bicyclic) bond motifs is 1. The molecule has 2 aromatic rings. The van der Waals surface area contributed by atoms with Gasteiger partial charge in [0.2, 0.25) is 0 Å². The largest absolute Gasteiger partial charge is 0.298 e. The number of ketones is 1. The highest BCUT2D eigenvalue weighted by Crippen LogP contribution is 2.38. The van der Waals surface area contributed by atoms with Crippen molar-refractivity contribution in [3.05, 3.63) is 44.9 Å². The van der Waals surface area contributed by atoms with Gasteiger partial charge in [-0.15, -0.1) is 0 Å². The lowest BCUT2D eigenvalue weighted by Crippen LogP contribution is -2.26. The van der Waals surface area contributed by atoms with Gasteiger partial charge in [0, 0.05) is 16.5 Å². The Morgan fingerprint density at radius 1 is 1.36 bits per heavy atom. The third-order valence-corrected chi connectivity index (χ3v) is 5.09. The molecule has 0 saturated heterocycles. The van der Waals surface area contributed by atoms with Gasteiger partial charge >= 0.3 is 0 Å². The van der Waals surface area contributed by atoms with Gasteiger partial charge in [-0.2, -0.15) is 0 Å². The monoisotopic (exact) mass is 378 g/mol. The quantitative estimate of drug-likeness (QED) is 0.846. The van der Waals surface area contributed by atoms with Gasteiger partial charge in [-0.25, -0.2) is 4.98 Å². The molecule has 0 spiro atoms. The van der Waals surface area contributed by atoms with E-state index in [1.807, 2.05) is 6.07 Å². The number of Topliss-reactive ketones (excluding diaryl/α,β-unsaturated/α-hetero) is 1. The molecule has 0 saturated carbocycles. The minimum Gasteiger partial charge on any atom is -0.298 e. The summed E-state index contributed by atoms with van der Waals surface area (Å²) in [6.07, 6.45) is 1.29. The van der Waals surface area contributed by atoms with E-state index in [9.17, 15) is 9.59 Å². The lowest BCUT2D eigenvalue weighted by atomic mass is 9.78. The normalized spacial score (nSPS) is 16.2. The van der Waals surface area contributed by atoms with E-state index in [1.165, 1.54) is 11.3 Å². The highest BCUT2D eigenvalue weighted by atomic mass is 79.9. The van der Waals surface area contributed by atoms with Crippen LogP contribution in [0.1, 0.15) is 46.0 Å². The summed E-state index contributed by atoms with van der Waals surface area (Å²) in [5.74, 6) is -0.106. The summed E-state index contributed by atoms with van der Waals surface area (Å²) < 4.78 is 0.843. The predicted octanol–water partition coefficient (Wildman–Crippen LogP) is 4.31. The van der Waals surface area contributed by atoms with Crippen molar-refractivity contribution < 1.29 is 9.59 Å². The summed E-state index contributed by atoms with van der Waals surface area (Å²) in [5, 5.41) is 3.27. The number of carbonyl (C=O) groups is 2. The molecule has 0 bridgehead atoms. The number of benzene rings is 1. The van der Waals surface area contributed by atoms with Gasteiger partial charge in [0.15, 0.2) is 10.9 Å². The van der Waals surface area contributed by atoms with Gasteiger partial charge < -0.3 is 0 Å². The van der Waals surface area contributed by atoms with Crippen molar-refractivity contribution in [2.45, 2.75) is 26.7 Å². The van der Waals surface area contributed by atoms with Crippen molar-refractivity contribution in [2.75, 3.05) is 5.32 Å². The van der Waals surface area contributed by atoms with Crippen molar-refractivity contribution in [3.63, 3.8) is 0 Å². The Morgan fingerprint density at radius 3 is 2.86 bits per heavy atom. The summed E-state index contributed by atoms with van der Waals surface area (Å²) in [5.41, 5.74) is 1.29. The molecule has 22 heavy (non-hydrogen) atoms. The van der Waals surface area contributed by atoms with Crippen molar-refractivity contribution >= 4 is 44.1 Å². The van der Waals surface area contributed by atoms with E-state index in [1.54, 1.807) is 18.2 Å². The fourth-order valence-electron chi connectivity index (χ4n) is 2.57. The van der Waals surface area contributed by atoms with E-state index < -0.39 is 0 Å². The number of hydrogen-bond acceptors (Lipinski definition) is 4. The summed E-state index contributed by atoms with van der Waals surface area (Å²) in [6, 6.07) is 7.15. The van der Waals surface area contributed by atoms with E-state index in [4.69, 9.17) is 0 Å². The third kappa shape index (κ3) is 3.13. The van der Waals surface area contributed by atoms with Crippen molar-refractivity contribution in [2.24, 2.45) is 5.41 Å². The molecule has 0 unspecified atom stereocenters. The first-order chi connectivity index (χ1) is 10.3.